The Morgan fingerprint density at radius 1 is 1.25 bits per heavy atom. The van der Waals surface area contributed by atoms with Crippen LogP contribution in [0.5, 0.6) is 0 Å². The molecule has 8 heteroatoms. The number of hydrogen-bond acceptors (Lipinski definition) is 4. The van der Waals surface area contributed by atoms with E-state index < -0.39 is 0 Å². The fourth-order valence-corrected chi connectivity index (χ4v) is 3.66. The van der Waals surface area contributed by atoms with Gasteiger partial charge in [0.2, 0.25) is 0 Å². The second-order valence-electron chi connectivity index (χ2n) is 7.33. The van der Waals surface area contributed by atoms with E-state index in [1.165, 1.54) is 5.56 Å². The summed E-state index contributed by atoms with van der Waals surface area (Å²) in [5.74, 6) is 1.89. The van der Waals surface area contributed by atoms with Gasteiger partial charge in [-0.15, -0.1) is 0 Å². The number of piperazine rings is 1. The molecule has 0 saturated carbocycles. The van der Waals surface area contributed by atoms with Crippen molar-refractivity contribution in [2.75, 3.05) is 52.2 Å². The second-order valence-corrected chi connectivity index (χ2v) is 7.77. The van der Waals surface area contributed by atoms with Crippen molar-refractivity contribution in [3.63, 3.8) is 0 Å². The first kappa shape index (κ1) is 20.5. The van der Waals surface area contributed by atoms with Crippen LogP contribution in [0.2, 0.25) is 5.02 Å². The number of guanidine groups is 1. The molecule has 0 amide bonds. The zero-order valence-electron chi connectivity index (χ0n) is 17.2. The molecule has 0 unspecified atom stereocenters. The average Bonchev–Trinajstić information content (AvgIpc) is 3.00. The van der Waals surface area contributed by atoms with Crippen LogP contribution >= 0.6 is 11.6 Å². The van der Waals surface area contributed by atoms with Gasteiger partial charge in [0.1, 0.15) is 5.82 Å². The van der Waals surface area contributed by atoms with Crippen molar-refractivity contribution >= 4 is 23.4 Å². The largest absolute Gasteiger partial charge is 0.354 e. The van der Waals surface area contributed by atoms with Crippen LogP contribution in [0.1, 0.15) is 11.3 Å². The highest BCUT2D eigenvalue weighted by Gasteiger charge is 2.15. The van der Waals surface area contributed by atoms with Crippen LogP contribution in [-0.4, -0.2) is 72.6 Å². The van der Waals surface area contributed by atoms with Crippen LogP contribution in [0, 0.1) is 0 Å². The smallest absolute Gasteiger partial charge is 0.194 e. The molecule has 2 aromatic rings. The van der Waals surface area contributed by atoms with E-state index in [1.807, 2.05) is 37.1 Å². The number of aryl methyl sites for hydroxylation is 1. The molecule has 1 aliphatic rings. The van der Waals surface area contributed by atoms with Crippen molar-refractivity contribution in [3.8, 4) is 0 Å². The summed E-state index contributed by atoms with van der Waals surface area (Å²) in [6.45, 7) is 5.61. The third-order valence-corrected chi connectivity index (χ3v) is 5.34. The first-order valence-electron chi connectivity index (χ1n) is 9.57. The van der Waals surface area contributed by atoms with Gasteiger partial charge in [-0.25, -0.2) is 4.98 Å². The molecular formula is C20H30ClN7. The molecule has 3 rings (SSSR count). The number of anilines is 1. The minimum Gasteiger partial charge on any atom is -0.354 e. The number of hydrogen-bond donors (Lipinski definition) is 1. The number of likely N-dealkylation sites (N-methyl/N-ethyl adjacent to an activating group) is 1. The van der Waals surface area contributed by atoms with Crippen molar-refractivity contribution in [3.05, 3.63) is 46.9 Å². The third kappa shape index (κ3) is 5.17. The topological polar surface area (TPSA) is 51.9 Å². The molecule has 0 radical (unpaired) electrons. The summed E-state index contributed by atoms with van der Waals surface area (Å²) >= 11 is 6.09. The van der Waals surface area contributed by atoms with Crippen molar-refractivity contribution in [2.45, 2.75) is 13.1 Å². The van der Waals surface area contributed by atoms with Crippen LogP contribution in [0.25, 0.3) is 0 Å². The van der Waals surface area contributed by atoms with E-state index in [2.05, 4.69) is 49.2 Å². The molecule has 7 nitrogen and oxygen atoms in total. The van der Waals surface area contributed by atoms with Gasteiger partial charge in [-0.3, -0.25) is 4.99 Å². The highest BCUT2D eigenvalue weighted by Crippen LogP contribution is 2.16. The van der Waals surface area contributed by atoms with Crippen LogP contribution < -0.4 is 10.2 Å². The molecule has 0 aliphatic carbocycles. The number of halogens is 1. The lowest BCUT2D eigenvalue weighted by Crippen LogP contribution is -2.44. The summed E-state index contributed by atoms with van der Waals surface area (Å²) in [5, 5.41) is 4.20. The zero-order chi connectivity index (χ0) is 20.1. The van der Waals surface area contributed by atoms with E-state index in [-0.39, 0.29) is 0 Å². The first-order chi connectivity index (χ1) is 13.5. The molecule has 152 valence electrons. The Labute approximate surface area is 172 Å². The molecular weight excluding hydrogens is 374 g/mol. The van der Waals surface area contributed by atoms with E-state index in [0.717, 1.165) is 55.2 Å². The number of nitrogens with one attached hydrogen (secondary N) is 1. The Morgan fingerprint density at radius 3 is 2.64 bits per heavy atom. The van der Waals surface area contributed by atoms with Gasteiger partial charge in [0.15, 0.2) is 5.96 Å². The predicted octanol–water partition coefficient (Wildman–Crippen LogP) is 2.03. The minimum atomic E-state index is 0.703. The Bertz CT molecular complexity index is 809. The van der Waals surface area contributed by atoms with Gasteiger partial charge in [-0.2, -0.15) is 0 Å². The highest BCUT2D eigenvalue weighted by atomic mass is 35.5. The normalized spacial score (nSPS) is 15.8. The van der Waals surface area contributed by atoms with E-state index in [1.54, 1.807) is 7.05 Å². The number of nitrogens with zero attached hydrogens (tertiary/aromatic N) is 6. The molecule has 0 atom stereocenters. The Hall–Kier alpha value is -2.25. The molecule has 3 heterocycles. The van der Waals surface area contributed by atoms with Gasteiger partial charge in [0.25, 0.3) is 0 Å². The molecule has 2 aromatic heterocycles. The summed E-state index contributed by atoms with van der Waals surface area (Å²) in [5.41, 5.74) is 2.33. The standard InChI is InChI=1S/C20H30ClN7/c1-22-20(27(4)15-18-12-17(21)14-26(18)3)24-13-16-5-6-23-19(11-16)28-9-7-25(2)8-10-28/h5-6,11-12,14H,7-10,13,15H2,1-4H3,(H,22,24). The van der Waals surface area contributed by atoms with Gasteiger partial charge >= 0.3 is 0 Å². The van der Waals surface area contributed by atoms with Gasteiger partial charge in [-0.1, -0.05) is 11.6 Å². The Kier molecular flexibility index (Phi) is 6.80. The van der Waals surface area contributed by atoms with Crippen molar-refractivity contribution < 1.29 is 0 Å². The predicted molar refractivity (Wildman–Crippen MR) is 116 cm³/mol. The minimum absolute atomic E-state index is 0.703. The van der Waals surface area contributed by atoms with Crippen LogP contribution in [0.3, 0.4) is 0 Å². The van der Waals surface area contributed by atoms with E-state index >= 15 is 0 Å². The lowest BCUT2D eigenvalue weighted by atomic mass is 10.2. The lowest BCUT2D eigenvalue weighted by molar-refractivity contribution is 0.312. The fourth-order valence-electron chi connectivity index (χ4n) is 3.39. The Morgan fingerprint density at radius 2 is 2.00 bits per heavy atom. The molecule has 1 aliphatic heterocycles. The average molecular weight is 404 g/mol. The maximum absolute atomic E-state index is 6.09. The summed E-state index contributed by atoms with van der Waals surface area (Å²) in [4.78, 5) is 15.8. The maximum atomic E-state index is 6.09. The number of aliphatic imine (C=N–C) groups is 1. The van der Waals surface area contributed by atoms with Gasteiger partial charge in [0, 0.05) is 72.0 Å². The molecule has 1 fully saturated rings. The van der Waals surface area contributed by atoms with E-state index in [9.17, 15) is 0 Å². The summed E-state index contributed by atoms with van der Waals surface area (Å²) < 4.78 is 2.04. The second kappa shape index (κ2) is 9.30. The van der Waals surface area contributed by atoms with Crippen LogP contribution in [0.4, 0.5) is 5.82 Å². The number of aromatic nitrogens is 2. The van der Waals surface area contributed by atoms with Gasteiger partial charge in [-0.05, 0) is 30.8 Å². The Balaban J connectivity index is 1.59. The quantitative estimate of drug-likeness (QED) is 0.611. The van der Waals surface area contributed by atoms with E-state index in [0.29, 0.717) is 6.54 Å². The summed E-state index contributed by atoms with van der Waals surface area (Å²) in [7, 11) is 8.00. The van der Waals surface area contributed by atoms with Crippen molar-refractivity contribution in [1.29, 1.82) is 0 Å². The number of rotatable bonds is 5. The third-order valence-electron chi connectivity index (χ3n) is 5.13. The maximum Gasteiger partial charge on any atom is 0.194 e. The molecule has 28 heavy (non-hydrogen) atoms. The SMILES string of the molecule is CN=C(NCc1ccnc(N2CCN(C)CC2)c1)N(C)Cc1cc(Cl)cn1C. The lowest BCUT2D eigenvalue weighted by Gasteiger charge is -2.33. The molecule has 1 N–H and O–H groups in total. The molecule has 0 bridgehead atoms. The molecule has 1 saturated heterocycles. The van der Waals surface area contributed by atoms with Gasteiger partial charge in [0.05, 0.1) is 11.6 Å². The molecule has 0 spiro atoms. The summed E-state index contributed by atoms with van der Waals surface area (Å²) in [6, 6.07) is 6.20. The first-order valence-corrected chi connectivity index (χ1v) is 9.95. The van der Waals surface area contributed by atoms with Crippen molar-refractivity contribution in [1.82, 2.24) is 24.7 Å². The zero-order valence-corrected chi connectivity index (χ0v) is 17.9. The molecule has 0 aromatic carbocycles. The fraction of sp³-hybridized carbons (Fsp3) is 0.500. The summed E-state index contributed by atoms with van der Waals surface area (Å²) in [6.07, 6.45) is 3.81. The monoisotopic (exact) mass is 403 g/mol. The number of pyridine rings is 1. The van der Waals surface area contributed by atoms with Crippen molar-refractivity contribution in [2.24, 2.45) is 12.0 Å². The van der Waals surface area contributed by atoms with Gasteiger partial charge < -0.3 is 24.6 Å². The van der Waals surface area contributed by atoms with Crippen LogP contribution in [0.15, 0.2) is 35.6 Å². The highest BCUT2D eigenvalue weighted by molar-refractivity contribution is 6.30. The van der Waals surface area contributed by atoms with E-state index in [4.69, 9.17) is 11.6 Å². The van der Waals surface area contributed by atoms with Crippen LogP contribution in [-0.2, 0) is 20.1 Å².